The molecule has 5 aromatic rings. The first-order valence-electron chi connectivity index (χ1n) is 23.7. The summed E-state index contributed by atoms with van der Waals surface area (Å²) in [5.74, 6) is -4.75. The Bertz CT molecular complexity index is 2890. The molecule has 3 amide bonds. The number of carboxylic acid groups (broad SMARTS) is 1. The first-order chi connectivity index (χ1) is 33.8. The zero-order chi connectivity index (χ0) is 51.5. The highest BCUT2D eigenvalue weighted by atomic mass is 19.1. The van der Waals surface area contributed by atoms with Crippen molar-refractivity contribution in [3.8, 4) is 28.3 Å². The second-order valence-corrected chi connectivity index (χ2v) is 18.9. The molecule has 0 bridgehead atoms. The minimum atomic E-state index is -1.21. The molecule has 6 rings (SSSR count). The Balaban J connectivity index is 1.25. The lowest BCUT2D eigenvalue weighted by Crippen LogP contribution is -2.51. The number of pyridine rings is 3. The van der Waals surface area contributed by atoms with Crippen LogP contribution in [0.25, 0.3) is 22.3 Å². The van der Waals surface area contributed by atoms with Crippen LogP contribution in [0.5, 0.6) is 0 Å². The van der Waals surface area contributed by atoms with Crippen LogP contribution in [0.15, 0.2) is 115 Å². The van der Waals surface area contributed by atoms with E-state index in [0.717, 1.165) is 0 Å². The number of rotatable bonds is 20. The van der Waals surface area contributed by atoms with E-state index in [1.54, 1.807) is 81.6 Å². The van der Waals surface area contributed by atoms with Gasteiger partial charge in [-0.2, -0.15) is 5.26 Å². The molecule has 15 nitrogen and oxygen atoms in total. The second kappa shape index (κ2) is 23.7. The van der Waals surface area contributed by atoms with Crippen molar-refractivity contribution in [3.05, 3.63) is 154 Å². The molecule has 1 aliphatic heterocycles. The lowest BCUT2D eigenvalue weighted by molar-refractivity contribution is -0.146. The van der Waals surface area contributed by atoms with E-state index in [1.807, 2.05) is 33.8 Å². The van der Waals surface area contributed by atoms with Gasteiger partial charge in [0, 0.05) is 71.4 Å². The quantitative estimate of drug-likeness (QED) is 0.0631. The highest BCUT2D eigenvalue weighted by Gasteiger charge is 2.37. The molecular weight excluding hydrogens is 906 g/mol. The Hall–Kier alpha value is -7.80. The molecule has 5 unspecified atom stereocenters. The van der Waals surface area contributed by atoms with Crippen LogP contribution in [-0.4, -0.2) is 66.9 Å². The van der Waals surface area contributed by atoms with Gasteiger partial charge in [0.2, 0.25) is 17.7 Å². The van der Waals surface area contributed by atoms with Gasteiger partial charge in [-0.3, -0.25) is 38.7 Å². The van der Waals surface area contributed by atoms with Gasteiger partial charge in [0.05, 0.1) is 43.2 Å². The third-order valence-corrected chi connectivity index (χ3v) is 12.8. The van der Waals surface area contributed by atoms with Crippen LogP contribution >= 0.6 is 0 Å². The number of aryl methyl sites for hydroxylation is 2. The number of nitrogens with one attached hydrogen (secondary N) is 2. The molecule has 1 aliphatic rings. The zero-order valence-electron chi connectivity index (χ0n) is 41.0. The highest BCUT2D eigenvalue weighted by Crippen LogP contribution is 2.32. The predicted molar refractivity (Wildman–Crippen MR) is 264 cm³/mol. The van der Waals surface area contributed by atoms with E-state index >= 15 is 4.39 Å². The van der Waals surface area contributed by atoms with Crippen molar-refractivity contribution in [1.29, 1.82) is 5.26 Å². The van der Waals surface area contributed by atoms with E-state index in [9.17, 15) is 39.1 Å². The summed E-state index contributed by atoms with van der Waals surface area (Å²) in [4.78, 5) is 92.2. The summed E-state index contributed by atoms with van der Waals surface area (Å²) in [5.41, 5.74) is 3.77. The molecule has 16 heteroatoms. The summed E-state index contributed by atoms with van der Waals surface area (Å²) >= 11 is 0. The minimum Gasteiger partial charge on any atom is -0.481 e. The molecule has 370 valence electrons. The number of nitriles is 1. The molecule has 7 atom stereocenters. The van der Waals surface area contributed by atoms with E-state index in [-0.39, 0.29) is 36.7 Å². The number of benzene rings is 2. The lowest BCUT2D eigenvalue weighted by atomic mass is 9.90. The van der Waals surface area contributed by atoms with Crippen molar-refractivity contribution >= 4 is 29.7 Å². The Morgan fingerprint density at radius 1 is 0.831 bits per heavy atom. The molecule has 4 heterocycles. The minimum absolute atomic E-state index is 0.00629. The van der Waals surface area contributed by atoms with Crippen LogP contribution in [0.4, 0.5) is 4.39 Å². The first kappa shape index (κ1) is 52.6. The predicted octanol–water partition coefficient (Wildman–Crippen LogP) is 8.33. The van der Waals surface area contributed by atoms with Gasteiger partial charge < -0.3 is 29.9 Å². The van der Waals surface area contributed by atoms with Crippen molar-refractivity contribution < 1.29 is 38.2 Å². The number of carbonyl (C=O) groups is 5. The molecule has 71 heavy (non-hydrogen) atoms. The van der Waals surface area contributed by atoms with Gasteiger partial charge in [0.15, 0.2) is 0 Å². The summed E-state index contributed by atoms with van der Waals surface area (Å²) < 4.78 is 22.4. The highest BCUT2D eigenvalue weighted by molar-refractivity contribution is 5.90. The molecule has 0 saturated heterocycles. The second-order valence-electron chi connectivity index (χ2n) is 18.9. The number of hydrogen-bond donors (Lipinski definition) is 3. The number of esters is 1. The van der Waals surface area contributed by atoms with Crippen molar-refractivity contribution in [3.63, 3.8) is 0 Å². The Labute approximate surface area is 412 Å². The average molecular weight is 966 g/mol. The largest absolute Gasteiger partial charge is 0.481 e. The van der Waals surface area contributed by atoms with Crippen LogP contribution in [0.2, 0.25) is 0 Å². The molecular formula is C55H60FN7O8. The topological polar surface area (TPSA) is 214 Å². The van der Waals surface area contributed by atoms with Crippen LogP contribution in [0.3, 0.4) is 0 Å². The van der Waals surface area contributed by atoms with Gasteiger partial charge in [-0.1, -0.05) is 71.0 Å². The maximum absolute atomic E-state index is 15.3. The zero-order valence-corrected chi connectivity index (χ0v) is 41.0. The van der Waals surface area contributed by atoms with Crippen molar-refractivity contribution in [2.45, 2.75) is 98.3 Å². The summed E-state index contributed by atoms with van der Waals surface area (Å²) in [6, 6.07) is 15.8. The molecule has 3 N–H and O–H groups in total. The third-order valence-electron chi connectivity index (χ3n) is 12.8. The number of aromatic nitrogens is 3. The maximum Gasteiger partial charge on any atom is 0.308 e. The summed E-state index contributed by atoms with van der Waals surface area (Å²) in [6.45, 7) is 12.6. The van der Waals surface area contributed by atoms with E-state index in [4.69, 9.17) is 4.74 Å². The smallest absolute Gasteiger partial charge is 0.308 e. The Kier molecular flexibility index (Phi) is 17.5. The monoisotopic (exact) mass is 965 g/mol. The van der Waals surface area contributed by atoms with Crippen LogP contribution < -0.4 is 16.2 Å². The number of allylic oxidation sites excluding steroid dienone is 1. The number of carbonyl (C=O) groups excluding carboxylic acids is 4. The fourth-order valence-corrected chi connectivity index (χ4v) is 8.71. The molecule has 0 fully saturated rings. The maximum atomic E-state index is 15.3. The van der Waals surface area contributed by atoms with E-state index in [1.165, 1.54) is 52.6 Å². The number of hydrogen-bond acceptors (Lipinski definition) is 10. The van der Waals surface area contributed by atoms with Gasteiger partial charge in [0.25, 0.3) is 5.56 Å². The number of amides is 3. The Morgan fingerprint density at radius 2 is 1.48 bits per heavy atom. The number of ether oxygens (including phenoxy) is 1. The SMILES string of the molecule is Cc1ccn(C(CC(C)COC(=O)C[C@H](NC(=O)C(CC(C)C)N2C=CC(C)C(C)C2=O)c2cncc(-c3c(C)cccc3F)c2)C(=O)N[C@@H](CC(=O)O)c2cncc(-c3ccccc3C#N)c2)c(=O)c1. The van der Waals surface area contributed by atoms with Gasteiger partial charge >= 0.3 is 11.9 Å². The van der Waals surface area contributed by atoms with E-state index < -0.39 is 78.1 Å². The van der Waals surface area contributed by atoms with Gasteiger partial charge in [-0.15, -0.1) is 0 Å². The Morgan fingerprint density at radius 3 is 2.13 bits per heavy atom. The van der Waals surface area contributed by atoms with Crippen LogP contribution in [0.1, 0.15) is 106 Å². The lowest BCUT2D eigenvalue weighted by Gasteiger charge is -2.36. The number of nitrogens with zero attached hydrogens (tertiary/aromatic N) is 5. The van der Waals surface area contributed by atoms with Crippen molar-refractivity contribution in [2.75, 3.05) is 6.61 Å². The fraction of sp³-hybridized carbons (Fsp3) is 0.364. The summed E-state index contributed by atoms with van der Waals surface area (Å²) in [5, 5.41) is 25.5. The number of halogens is 1. The van der Waals surface area contributed by atoms with Crippen LogP contribution in [0, 0.1) is 54.7 Å². The standard InChI is InChI=1S/C55H60FN7O8/c1-32(2)19-47(63-18-16-35(5)37(7)55(63)70)53(68)61-46(41-23-42(30-59-29-41)52-36(6)11-10-14-44(52)56)25-51(67)71-31-34(4)20-48(62-17-15-33(3)21-49(62)64)54(69)60-45(24-50(65)66)40-22-39(27-58-28-40)43-13-9-8-12-38(43)26-57/h8-18,21-23,27-30,32,34-35,37,45-48H,19-20,24-25,31H2,1-7H3,(H,60,69)(H,61,68)(H,65,66)/t34?,35?,37?,45-,46-,47?,48?/m0/s1. The molecule has 0 aliphatic carbocycles. The molecule has 0 saturated carbocycles. The van der Waals surface area contributed by atoms with Gasteiger partial charge in [-0.05, 0) is 97.0 Å². The third kappa shape index (κ3) is 13.3. The molecule has 3 aromatic heterocycles. The first-order valence-corrected chi connectivity index (χ1v) is 23.7. The van der Waals surface area contributed by atoms with Crippen molar-refractivity contribution in [2.24, 2.45) is 23.7 Å². The average Bonchev–Trinajstić information content (AvgIpc) is 3.33. The van der Waals surface area contributed by atoms with E-state index in [2.05, 4.69) is 26.7 Å². The number of carboxylic acids is 1. The van der Waals surface area contributed by atoms with E-state index in [0.29, 0.717) is 56.5 Å². The van der Waals surface area contributed by atoms with Crippen LogP contribution in [-0.2, 0) is 28.7 Å². The molecule has 0 spiro atoms. The summed E-state index contributed by atoms with van der Waals surface area (Å²) in [6.07, 6.45) is 10.3. The van der Waals surface area contributed by atoms with Crippen molar-refractivity contribution in [1.82, 2.24) is 30.1 Å². The fourth-order valence-electron chi connectivity index (χ4n) is 8.71. The van der Waals surface area contributed by atoms with Gasteiger partial charge in [0.1, 0.15) is 17.9 Å². The van der Waals surface area contributed by atoms with Gasteiger partial charge in [-0.25, -0.2) is 4.39 Å². The molecule has 2 aromatic carbocycles. The summed E-state index contributed by atoms with van der Waals surface area (Å²) in [7, 11) is 0. The normalized spacial score (nSPS) is 16.6. The molecule has 0 radical (unpaired) electrons. The number of aliphatic carboxylic acids is 1.